The number of rotatable bonds is 2. The number of halogens is 1. The van der Waals surface area contributed by atoms with Gasteiger partial charge in [-0.25, -0.2) is 0 Å². The molecule has 4 rings (SSSR count). The van der Waals surface area contributed by atoms with Gasteiger partial charge in [0.1, 0.15) is 0 Å². The summed E-state index contributed by atoms with van der Waals surface area (Å²) in [7, 11) is 0. The molecule has 4 nitrogen and oxygen atoms in total. The van der Waals surface area contributed by atoms with Gasteiger partial charge in [-0.2, -0.15) is 0 Å². The maximum absolute atomic E-state index is 11.1. The van der Waals surface area contributed by atoms with Crippen molar-refractivity contribution in [3.8, 4) is 0 Å². The molecule has 2 aromatic carbocycles. The van der Waals surface area contributed by atoms with Crippen molar-refractivity contribution >= 4 is 34.0 Å². The predicted molar refractivity (Wildman–Crippen MR) is 103 cm³/mol. The van der Waals surface area contributed by atoms with E-state index in [1.807, 2.05) is 6.07 Å². The minimum atomic E-state index is -0.321. The van der Waals surface area contributed by atoms with Gasteiger partial charge in [0.25, 0.3) is 5.69 Å². The number of nitrogens with zero attached hydrogens (tertiary/aromatic N) is 1. The number of fused-ring (bicyclic) bond motifs is 3. The Morgan fingerprint density at radius 1 is 1.29 bits per heavy atom. The Kier molecular flexibility index (Phi) is 3.83. The number of allylic oxidation sites excluding steroid dienone is 2. The fourth-order valence-electron chi connectivity index (χ4n) is 4.00. The Bertz CT molecular complexity index is 862. The lowest BCUT2D eigenvalue weighted by Gasteiger charge is -2.38. The molecule has 1 aliphatic carbocycles. The highest BCUT2D eigenvalue weighted by atomic mass is 127. The summed E-state index contributed by atoms with van der Waals surface area (Å²) in [5.41, 5.74) is 4.90. The first-order valence-electron chi connectivity index (χ1n) is 8.02. The van der Waals surface area contributed by atoms with Gasteiger partial charge in [0.05, 0.1) is 11.0 Å². The first kappa shape index (κ1) is 15.6. The largest absolute Gasteiger partial charge is 0.377 e. The van der Waals surface area contributed by atoms with Gasteiger partial charge in [-0.3, -0.25) is 10.1 Å². The van der Waals surface area contributed by atoms with E-state index in [9.17, 15) is 10.1 Å². The van der Waals surface area contributed by atoms with E-state index in [1.54, 1.807) is 18.2 Å². The lowest BCUT2D eigenvalue weighted by atomic mass is 9.76. The van der Waals surface area contributed by atoms with Crippen molar-refractivity contribution in [2.24, 2.45) is 5.92 Å². The predicted octanol–water partition coefficient (Wildman–Crippen LogP) is 5.33. The third-order valence-corrected chi connectivity index (χ3v) is 5.69. The smallest absolute Gasteiger partial charge is 0.269 e. The zero-order chi connectivity index (χ0) is 16.8. The Morgan fingerprint density at radius 2 is 2.12 bits per heavy atom. The SMILES string of the molecule is Cc1cc(I)cc2c1NC(c1cccc([N+](=O)[O-])c1)C1CC=CC21. The molecule has 0 amide bonds. The van der Waals surface area contributed by atoms with E-state index in [0.29, 0.717) is 11.8 Å². The molecule has 0 spiro atoms. The molecular formula is C19H17IN2O2. The van der Waals surface area contributed by atoms with E-state index >= 15 is 0 Å². The summed E-state index contributed by atoms with van der Waals surface area (Å²) < 4.78 is 1.25. The van der Waals surface area contributed by atoms with Crippen LogP contribution < -0.4 is 5.32 Å². The van der Waals surface area contributed by atoms with Crippen molar-refractivity contribution in [3.63, 3.8) is 0 Å². The van der Waals surface area contributed by atoms with Crippen molar-refractivity contribution in [2.75, 3.05) is 5.32 Å². The molecule has 1 heterocycles. The Labute approximate surface area is 154 Å². The summed E-state index contributed by atoms with van der Waals surface area (Å²) in [5.74, 6) is 0.774. The highest BCUT2D eigenvalue weighted by Gasteiger charge is 2.38. The van der Waals surface area contributed by atoms with Crippen LogP contribution in [-0.2, 0) is 0 Å². The second-order valence-electron chi connectivity index (χ2n) is 6.51. The van der Waals surface area contributed by atoms with Crippen molar-refractivity contribution < 1.29 is 4.92 Å². The zero-order valence-corrected chi connectivity index (χ0v) is 15.4. The number of anilines is 1. The van der Waals surface area contributed by atoms with E-state index in [0.717, 1.165) is 12.0 Å². The topological polar surface area (TPSA) is 55.2 Å². The average molecular weight is 432 g/mol. The van der Waals surface area contributed by atoms with Gasteiger partial charge in [0.15, 0.2) is 0 Å². The zero-order valence-electron chi connectivity index (χ0n) is 13.2. The molecule has 3 atom stereocenters. The molecule has 0 fully saturated rings. The van der Waals surface area contributed by atoms with Gasteiger partial charge in [0.2, 0.25) is 0 Å². The normalized spacial score (nSPS) is 24.2. The maximum atomic E-state index is 11.1. The molecule has 2 aliphatic rings. The van der Waals surface area contributed by atoms with E-state index in [1.165, 1.54) is 20.4 Å². The molecule has 2 aromatic rings. The van der Waals surface area contributed by atoms with Gasteiger partial charge in [-0.05, 0) is 70.7 Å². The summed E-state index contributed by atoms with van der Waals surface area (Å²) in [6.07, 6.45) is 5.53. The molecule has 122 valence electrons. The summed E-state index contributed by atoms with van der Waals surface area (Å²) >= 11 is 2.37. The second kappa shape index (κ2) is 5.88. The molecule has 5 heteroatoms. The summed E-state index contributed by atoms with van der Waals surface area (Å²) in [6, 6.07) is 11.6. The molecule has 3 unspecified atom stereocenters. The van der Waals surface area contributed by atoms with Gasteiger partial charge >= 0.3 is 0 Å². The van der Waals surface area contributed by atoms with Crippen LogP contribution >= 0.6 is 22.6 Å². The van der Waals surface area contributed by atoms with Crippen LogP contribution in [0.3, 0.4) is 0 Å². The molecular weight excluding hydrogens is 415 g/mol. The van der Waals surface area contributed by atoms with E-state index in [-0.39, 0.29) is 16.7 Å². The molecule has 0 radical (unpaired) electrons. The minimum absolute atomic E-state index is 0.0937. The Morgan fingerprint density at radius 3 is 2.92 bits per heavy atom. The Balaban J connectivity index is 1.81. The van der Waals surface area contributed by atoms with Crippen LogP contribution in [0.2, 0.25) is 0 Å². The second-order valence-corrected chi connectivity index (χ2v) is 7.76. The summed E-state index contributed by atoms with van der Waals surface area (Å²) in [5, 5.41) is 14.8. The van der Waals surface area contributed by atoms with Crippen molar-refractivity contribution in [2.45, 2.75) is 25.3 Å². The van der Waals surface area contributed by atoms with Gasteiger partial charge in [0, 0.05) is 27.3 Å². The lowest BCUT2D eigenvalue weighted by molar-refractivity contribution is -0.384. The average Bonchev–Trinajstić information content (AvgIpc) is 3.04. The van der Waals surface area contributed by atoms with Crippen LogP contribution in [0, 0.1) is 26.5 Å². The van der Waals surface area contributed by atoms with Crippen molar-refractivity contribution in [1.29, 1.82) is 0 Å². The number of benzene rings is 2. The summed E-state index contributed by atoms with van der Waals surface area (Å²) in [6.45, 7) is 2.12. The van der Waals surface area contributed by atoms with Crippen molar-refractivity contribution in [3.05, 3.63) is 78.9 Å². The molecule has 0 saturated heterocycles. The third-order valence-electron chi connectivity index (χ3n) is 5.07. The van der Waals surface area contributed by atoms with Crippen LogP contribution in [0.25, 0.3) is 0 Å². The van der Waals surface area contributed by atoms with Crippen molar-refractivity contribution in [1.82, 2.24) is 0 Å². The van der Waals surface area contributed by atoms with Crippen LogP contribution in [0.4, 0.5) is 11.4 Å². The number of hydrogen-bond donors (Lipinski definition) is 1. The summed E-state index contributed by atoms with van der Waals surface area (Å²) in [4.78, 5) is 10.8. The molecule has 0 aromatic heterocycles. The maximum Gasteiger partial charge on any atom is 0.269 e. The molecule has 1 N–H and O–H groups in total. The number of nitro benzene ring substituents is 1. The van der Waals surface area contributed by atoms with E-state index in [2.05, 4.69) is 59.1 Å². The first-order valence-corrected chi connectivity index (χ1v) is 9.10. The number of aryl methyl sites for hydroxylation is 1. The van der Waals surface area contributed by atoms with Crippen LogP contribution in [0.1, 0.15) is 35.1 Å². The number of nitro groups is 1. The number of non-ortho nitro benzene ring substituents is 1. The van der Waals surface area contributed by atoms with Gasteiger partial charge < -0.3 is 5.32 Å². The van der Waals surface area contributed by atoms with Gasteiger partial charge in [-0.15, -0.1) is 0 Å². The highest BCUT2D eigenvalue weighted by molar-refractivity contribution is 14.1. The number of nitrogens with one attached hydrogen (secondary N) is 1. The van der Waals surface area contributed by atoms with Crippen LogP contribution in [-0.4, -0.2) is 4.92 Å². The first-order chi connectivity index (χ1) is 11.5. The quantitative estimate of drug-likeness (QED) is 0.302. The monoisotopic (exact) mass is 432 g/mol. The number of hydrogen-bond acceptors (Lipinski definition) is 3. The fourth-order valence-corrected chi connectivity index (χ4v) is 4.81. The molecule has 0 bridgehead atoms. The Hall–Kier alpha value is -1.89. The third kappa shape index (κ3) is 2.51. The minimum Gasteiger partial charge on any atom is -0.377 e. The van der Waals surface area contributed by atoms with E-state index in [4.69, 9.17) is 0 Å². The molecule has 24 heavy (non-hydrogen) atoms. The fraction of sp³-hybridized carbons (Fsp3) is 0.263. The van der Waals surface area contributed by atoms with Gasteiger partial charge in [-0.1, -0.05) is 24.3 Å². The van der Waals surface area contributed by atoms with Crippen LogP contribution in [0.5, 0.6) is 0 Å². The van der Waals surface area contributed by atoms with E-state index < -0.39 is 0 Å². The lowest BCUT2D eigenvalue weighted by Crippen LogP contribution is -2.29. The molecule has 0 saturated carbocycles. The highest BCUT2D eigenvalue weighted by Crippen LogP contribution is 2.51. The van der Waals surface area contributed by atoms with Crippen LogP contribution in [0.15, 0.2) is 48.6 Å². The standard InChI is InChI=1S/C19H17IN2O2/c1-11-8-13(20)10-17-15-6-3-7-16(15)19(21-18(11)17)12-4-2-5-14(9-12)22(23)24/h2-6,8-10,15-16,19,21H,7H2,1H3. The molecule has 1 aliphatic heterocycles.